The van der Waals surface area contributed by atoms with Crippen LogP contribution in [0.3, 0.4) is 0 Å². The molecule has 28 heavy (non-hydrogen) atoms. The van der Waals surface area contributed by atoms with Crippen LogP contribution in [0, 0.1) is 5.92 Å². The molecule has 0 N–H and O–H groups in total. The van der Waals surface area contributed by atoms with Crippen LogP contribution in [0.4, 0.5) is 0 Å². The maximum absolute atomic E-state index is 2.37. The van der Waals surface area contributed by atoms with Crippen molar-refractivity contribution in [3.8, 4) is 0 Å². The Labute approximate surface area is 201 Å². The van der Waals surface area contributed by atoms with E-state index in [0.29, 0.717) is 0 Å². The van der Waals surface area contributed by atoms with Gasteiger partial charge >= 0.3 is 0 Å². The van der Waals surface area contributed by atoms with E-state index >= 15 is 0 Å². The Morgan fingerprint density at radius 2 is 1.32 bits per heavy atom. The molecule has 0 amide bonds. The fourth-order valence-electron chi connectivity index (χ4n) is 1.64. The van der Waals surface area contributed by atoms with Gasteiger partial charge in [0.05, 0.1) is 0 Å². The molecule has 1 rings (SSSR count). The Hall–Kier alpha value is 0.239. The van der Waals surface area contributed by atoms with Crippen LogP contribution in [0.15, 0.2) is 29.2 Å². The molecule has 0 bridgehead atoms. The largest absolute Gasteiger partial charge is 0.149 e. The van der Waals surface area contributed by atoms with Gasteiger partial charge < -0.3 is 0 Å². The van der Waals surface area contributed by atoms with Crippen LogP contribution in [-0.2, 0) is 6.42 Å². The summed E-state index contributed by atoms with van der Waals surface area (Å²) in [7, 11) is 0. The van der Waals surface area contributed by atoms with Crippen molar-refractivity contribution in [1.82, 2.24) is 0 Å². The third kappa shape index (κ3) is 37.1. The van der Waals surface area contributed by atoms with E-state index < -0.39 is 0 Å². The first kappa shape index (κ1) is 35.7. The van der Waals surface area contributed by atoms with E-state index in [-0.39, 0.29) is 23.9 Å². The van der Waals surface area contributed by atoms with Crippen molar-refractivity contribution in [3.63, 3.8) is 0 Å². The number of rotatable bonds is 9. The zero-order valence-corrected chi connectivity index (χ0v) is 24.5. The molecular weight excluding hydrogens is 463 g/mol. The fourth-order valence-corrected chi connectivity index (χ4v) is 2.37. The molecule has 0 aliphatic rings. The molecule has 2 heteroatoms. The third-order valence-electron chi connectivity index (χ3n) is 4.18. The molecule has 1 aromatic rings. The second-order valence-corrected chi connectivity index (χ2v) is 8.61. The predicted octanol–water partition coefficient (Wildman–Crippen LogP) is 10.1. The van der Waals surface area contributed by atoms with E-state index in [9.17, 15) is 0 Å². The first-order valence-corrected chi connectivity index (χ1v) is 12.5. The van der Waals surface area contributed by atoms with E-state index in [0.717, 1.165) is 5.92 Å². The van der Waals surface area contributed by atoms with Crippen LogP contribution in [-0.4, -0.2) is 23.9 Å². The van der Waals surface area contributed by atoms with Crippen LogP contribution in [0.5, 0.6) is 0 Å². The van der Waals surface area contributed by atoms with E-state index in [4.69, 9.17) is 0 Å². The van der Waals surface area contributed by atoms with Crippen molar-refractivity contribution in [3.05, 3.63) is 34.0 Å². The summed E-state index contributed by atoms with van der Waals surface area (Å²) in [5.74, 6) is 0.850. The van der Waals surface area contributed by atoms with Gasteiger partial charge in [0.1, 0.15) is 0 Å². The molecule has 0 unspecified atom stereocenters. The number of aryl methyl sites for hydroxylation is 1. The molecule has 4 radical (unpaired) electrons. The predicted molar refractivity (Wildman–Crippen MR) is 138 cm³/mol. The van der Waals surface area contributed by atoms with Crippen LogP contribution in [0.2, 0.25) is 0 Å². The summed E-state index contributed by atoms with van der Waals surface area (Å²) in [6.45, 7) is 19.8. The van der Waals surface area contributed by atoms with Crippen LogP contribution < -0.4 is 0 Å². The minimum Gasteiger partial charge on any atom is -0.149 e. The molecule has 0 nitrogen and oxygen atoms in total. The molecule has 166 valence electrons. The van der Waals surface area contributed by atoms with Gasteiger partial charge in [0.15, 0.2) is 0 Å². The van der Waals surface area contributed by atoms with Crippen molar-refractivity contribution in [2.75, 3.05) is 0 Å². The quantitative estimate of drug-likeness (QED) is 0.227. The van der Waals surface area contributed by atoms with Gasteiger partial charge in [0, 0.05) is 28.8 Å². The normalized spacial score (nSPS) is 9.89. The van der Waals surface area contributed by atoms with Gasteiger partial charge in [-0.1, -0.05) is 105 Å². The molecule has 0 fully saturated rings. The first-order valence-electron chi connectivity index (χ1n) is 11.6. The minimum absolute atomic E-state index is 0. The Balaban J connectivity index is -0.000000183. The van der Waals surface area contributed by atoms with Gasteiger partial charge in [-0.25, -0.2) is 0 Å². The average molecular weight is 515 g/mol. The van der Waals surface area contributed by atoms with E-state index in [1.807, 2.05) is 11.3 Å². The summed E-state index contributed by atoms with van der Waals surface area (Å²) in [6, 6.07) is 4.39. The average Bonchev–Trinajstić information content (AvgIpc) is 3.20. The van der Waals surface area contributed by atoms with Crippen molar-refractivity contribution in [1.29, 1.82) is 0 Å². The molecule has 0 aromatic carbocycles. The van der Waals surface area contributed by atoms with E-state index in [1.165, 1.54) is 74.7 Å². The number of allylic oxidation sites excluding steroid dienone is 2. The smallest absolute Gasteiger partial charge is 0.00453 e. The van der Waals surface area contributed by atoms with Gasteiger partial charge in [-0.05, 0) is 56.9 Å². The summed E-state index contributed by atoms with van der Waals surface area (Å²) >= 11 is 1.88. The molecular formula is C26H52SSn. The Morgan fingerprint density at radius 3 is 1.64 bits per heavy atom. The second kappa shape index (κ2) is 31.9. The van der Waals surface area contributed by atoms with Crippen molar-refractivity contribution < 1.29 is 0 Å². The standard InChI is InChI=1S/C14H22S.3C4H10.Sn/c1-12(2)6-4-7-13(3)9-10-14-8-5-11-15-14;3*1-3-4-2;/h5-6,8,11,13H,4,7,9-10H2,1-3H3;3*3-4H2,1-2H3;/t13-;;;;/m0..../s1. The molecule has 0 aliphatic heterocycles. The van der Waals surface area contributed by atoms with Gasteiger partial charge in [-0.2, -0.15) is 0 Å². The SMILES string of the molecule is CC(C)=CCC[C@H](C)CCc1cccs1.CCCC.CCCC.CCCC.[Sn]. The zero-order valence-electron chi connectivity index (χ0n) is 20.9. The summed E-state index contributed by atoms with van der Waals surface area (Å²) in [5, 5.41) is 2.17. The summed E-state index contributed by atoms with van der Waals surface area (Å²) in [5.41, 5.74) is 1.44. The maximum Gasteiger partial charge on any atom is 0.00453 e. The Morgan fingerprint density at radius 1 is 0.857 bits per heavy atom. The Bertz CT molecular complexity index is 348. The van der Waals surface area contributed by atoms with E-state index in [2.05, 4.69) is 85.9 Å². The summed E-state index contributed by atoms with van der Waals surface area (Å²) < 4.78 is 0. The molecule has 1 aromatic heterocycles. The van der Waals surface area contributed by atoms with Gasteiger partial charge in [0.25, 0.3) is 0 Å². The van der Waals surface area contributed by atoms with Crippen LogP contribution >= 0.6 is 11.3 Å². The second-order valence-electron chi connectivity index (χ2n) is 7.58. The van der Waals surface area contributed by atoms with Crippen LogP contribution in [0.25, 0.3) is 0 Å². The number of hydrogen-bond acceptors (Lipinski definition) is 1. The molecule has 1 atom stereocenters. The number of unbranched alkanes of at least 4 members (excludes halogenated alkanes) is 3. The molecule has 0 aliphatic carbocycles. The fraction of sp³-hybridized carbons (Fsp3) is 0.769. The number of hydrogen-bond donors (Lipinski definition) is 0. The third-order valence-corrected chi connectivity index (χ3v) is 5.11. The maximum atomic E-state index is 2.37. The van der Waals surface area contributed by atoms with E-state index in [1.54, 1.807) is 0 Å². The minimum atomic E-state index is 0. The zero-order chi connectivity index (χ0) is 21.3. The van der Waals surface area contributed by atoms with Crippen molar-refractivity contribution in [2.24, 2.45) is 5.92 Å². The van der Waals surface area contributed by atoms with Crippen molar-refractivity contribution in [2.45, 2.75) is 127 Å². The van der Waals surface area contributed by atoms with Gasteiger partial charge in [-0.3, -0.25) is 0 Å². The topological polar surface area (TPSA) is 0 Å². The monoisotopic (exact) mass is 516 g/mol. The molecule has 1 heterocycles. The summed E-state index contributed by atoms with van der Waals surface area (Å²) in [4.78, 5) is 1.53. The van der Waals surface area contributed by atoms with Crippen molar-refractivity contribution >= 4 is 35.2 Å². The number of thiophene rings is 1. The van der Waals surface area contributed by atoms with Gasteiger partial charge in [-0.15, -0.1) is 11.3 Å². The summed E-state index contributed by atoms with van der Waals surface area (Å²) in [6.07, 6.45) is 15.4. The van der Waals surface area contributed by atoms with Gasteiger partial charge in [0.2, 0.25) is 0 Å². The molecule has 0 spiro atoms. The molecule has 0 saturated carbocycles. The first-order chi connectivity index (χ1) is 12.9. The van der Waals surface area contributed by atoms with Crippen LogP contribution in [0.1, 0.15) is 125 Å². The molecule has 0 saturated heterocycles. The Kier molecular flexibility index (Phi) is 40.7.